The van der Waals surface area contributed by atoms with Crippen molar-refractivity contribution in [3.05, 3.63) is 50.1 Å². The Morgan fingerprint density at radius 3 is 2.70 bits per heavy atom. The molecule has 0 radical (unpaired) electrons. The summed E-state index contributed by atoms with van der Waals surface area (Å²) in [6.07, 6.45) is 1.89. The summed E-state index contributed by atoms with van der Waals surface area (Å²) < 4.78 is 1.14. The number of hydrogen-bond acceptors (Lipinski definition) is 4. The van der Waals surface area contributed by atoms with Gasteiger partial charge in [0.2, 0.25) is 5.88 Å². The van der Waals surface area contributed by atoms with Crippen LogP contribution in [-0.2, 0) is 6.54 Å². The van der Waals surface area contributed by atoms with Crippen LogP contribution in [0.5, 0.6) is 5.88 Å². The number of H-pyrrole nitrogens is 1. The lowest BCUT2D eigenvalue weighted by atomic mass is 10.1. The highest BCUT2D eigenvalue weighted by Gasteiger charge is 2.17. The Morgan fingerprint density at radius 2 is 2.05 bits per heavy atom. The van der Waals surface area contributed by atoms with Crippen LogP contribution in [0.25, 0.3) is 11.1 Å². The van der Waals surface area contributed by atoms with Crippen molar-refractivity contribution in [3.63, 3.8) is 0 Å². The van der Waals surface area contributed by atoms with Crippen molar-refractivity contribution in [1.29, 1.82) is 0 Å². The van der Waals surface area contributed by atoms with Gasteiger partial charge < -0.3 is 5.11 Å². The molecular formula is C13H13ClN2O3S. The van der Waals surface area contributed by atoms with Crippen LogP contribution in [0.1, 0.15) is 0 Å². The van der Waals surface area contributed by atoms with E-state index < -0.39 is 11.2 Å². The Bertz CT molecular complexity index is 739. The normalized spacial score (nSPS) is 10.7. The van der Waals surface area contributed by atoms with E-state index in [2.05, 4.69) is 4.98 Å². The number of halogens is 1. The molecule has 1 aromatic heterocycles. The fraction of sp³-hybridized carbons (Fsp3) is 0.231. The summed E-state index contributed by atoms with van der Waals surface area (Å²) in [6, 6.07) is 6.67. The zero-order valence-corrected chi connectivity index (χ0v) is 12.3. The molecule has 2 rings (SSSR count). The molecule has 0 aliphatic carbocycles. The van der Waals surface area contributed by atoms with E-state index in [-0.39, 0.29) is 11.4 Å². The van der Waals surface area contributed by atoms with Crippen LogP contribution in [0.15, 0.2) is 33.9 Å². The summed E-state index contributed by atoms with van der Waals surface area (Å²) in [4.78, 5) is 25.9. The van der Waals surface area contributed by atoms with Gasteiger partial charge in [0.05, 0.1) is 0 Å². The molecule has 0 aliphatic heterocycles. The van der Waals surface area contributed by atoms with Crippen molar-refractivity contribution in [2.75, 3.05) is 12.0 Å². The molecule has 0 fully saturated rings. The van der Waals surface area contributed by atoms with E-state index in [9.17, 15) is 14.7 Å². The lowest BCUT2D eigenvalue weighted by molar-refractivity contribution is 0.409. The number of aromatic amines is 1. The van der Waals surface area contributed by atoms with E-state index in [0.29, 0.717) is 22.9 Å². The van der Waals surface area contributed by atoms with Crippen molar-refractivity contribution in [2.45, 2.75) is 6.54 Å². The van der Waals surface area contributed by atoms with Crippen molar-refractivity contribution in [2.24, 2.45) is 0 Å². The van der Waals surface area contributed by atoms with Gasteiger partial charge in [-0.25, -0.2) is 4.79 Å². The summed E-state index contributed by atoms with van der Waals surface area (Å²) in [5, 5.41) is 10.6. The van der Waals surface area contributed by atoms with Crippen LogP contribution < -0.4 is 11.2 Å². The number of aromatic hydroxyl groups is 1. The molecule has 0 saturated carbocycles. The molecule has 2 N–H and O–H groups in total. The quantitative estimate of drug-likeness (QED) is 0.904. The molecule has 106 valence electrons. The minimum Gasteiger partial charge on any atom is -0.494 e. The molecule has 0 aliphatic rings. The minimum atomic E-state index is -0.652. The number of nitrogens with zero attached hydrogens (tertiary/aromatic N) is 1. The zero-order chi connectivity index (χ0) is 14.7. The minimum absolute atomic E-state index is 0.0105. The van der Waals surface area contributed by atoms with Gasteiger partial charge in [-0.3, -0.25) is 14.3 Å². The van der Waals surface area contributed by atoms with Gasteiger partial charge in [0.1, 0.15) is 5.56 Å². The Kier molecular flexibility index (Phi) is 4.57. The summed E-state index contributed by atoms with van der Waals surface area (Å²) in [5.74, 6) is 0.280. The summed E-state index contributed by atoms with van der Waals surface area (Å²) >= 11 is 7.58. The van der Waals surface area contributed by atoms with Gasteiger partial charge >= 0.3 is 5.69 Å². The topological polar surface area (TPSA) is 75.1 Å². The SMILES string of the molecule is CSCCn1c(O)c(-c2ccccc2Cl)c(=O)[nH]c1=O. The third-order valence-electron chi connectivity index (χ3n) is 2.83. The molecule has 1 heterocycles. The Balaban J connectivity index is 2.68. The number of thioether (sulfide) groups is 1. The van der Waals surface area contributed by atoms with Crippen LogP contribution in [0, 0.1) is 0 Å². The molecule has 0 atom stereocenters. The van der Waals surface area contributed by atoms with Crippen LogP contribution >= 0.6 is 23.4 Å². The maximum Gasteiger partial charge on any atom is 0.331 e. The lowest BCUT2D eigenvalue weighted by Crippen LogP contribution is -2.31. The molecule has 2 aromatic rings. The average Bonchev–Trinajstić information content (AvgIpc) is 2.40. The van der Waals surface area contributed by atoms with Gasteiger partial charge in [-0.15, -0.1) is 0 Å². The molecule has 0 bridgehead atoms. The highest BCUT2D eigenvalue weighted by atomic mass is 35.5. The highest BCUT2D eigenvalue weighted by Crippen LogP contribution is 2.30. The van der Waals surface area contributed by atoms with Crippen LogP contribution in [0.3, 0.4) is 0 Å². The highest BCUT2D eigenvalue weighted by molar-refractivity contribution is 7.98. The van der Waals surface area contributed by atoms with E-state index in [0.717, 1.165) is 4.57 Å². The van der Waals surface area contributed by atoms with Crippen molar-refractivity contribution in [1.82, 2.24) is 9.55 Å². The molecule has 20 heavy (non-hydrogen) atoms. The monoisotopic (exact) mass is 312 g/mol. The van der Waals surface area contributed by atoms with E-state index in [4.69, 9.17) is 11.6 Å². The first-order chi connectivity index (χ1) is 9.56. The molecule has 7 heteroatoms. The number of hydrogen-bond donors (Lipinski definition) is 2. The molecule has 1 aromatic carbocycles. The average molecular weight is 313 g/mol. The third kappa shape index (κ3) is 2.76. The first-order valence-electron chi connectivity index (χ1n) is 5.86. The number of aromatic nitrogens is 2. The summed E-state index contributed by atoms with van der Waals surface area (Å²) in [7, 11) is 0. The number of benzene rings is 1. The predicted octanol–water partition coefficient (Wildman–Crippen LogP) is 1.93. The molecule has 0 unspecified atom stereocenters. The smallest absolute Gasteiger partial charge is 0.331 e. The van der Waals surface area contributed by atoms with Gasteiger partial charge in [0, 0.05) is 22.9 Å². The van der Waals surface area contributed by atoms with E-state index >= 15 is 0 Å². The summed E-state index contributed by atoms with van der Waals surface area (Å²) in [6.45, 7) is 0.306. The van der Waals surface area contributed by atoms with Crippen LogP contribution in [-0.4, -0.2) is 26.7 Å². The summed E-state index contributed by atoms with van der Waals surface area (Å²) in [5.41, 5.74) is -0.875. The van der Waals surface area contributed by atoms with E-state index in [1.165, 1.54) is 11.8 Å². The Hall–Kier alpha value is -1.66. The second-order valence-electron chi connectivity index (χ2n) is 4.08. The van der Waals surface area contributed by atoms with Crippen molar-refractivity contribution in [3.8, 4) is 17.0 Å². The fourth-order valence-electron chi connectivity index (χ4n) is 1.86. The lowest BCUT2D eigenvalue weighted by Gasteiger charge is -2.11. The van der Waals surface area contributed by atoms with Gasteiger partial charge in [-0.1, -0.05) is 29.8 Å². The zero-order valence-electron chi connectivity index (χ0n) is 10.7. The van der Waals surface area contributed by atoms with Gasteiger partial charge in [0.15, 0.2) is 0 Å². The maximum atomic E-state index is 11.9. The standard InChI is InChI=1S/C13H13ClN2O3S/c1-20-7-6-16-12(18)10(11(17)15-13(16)19)8-4-2-3-5-9(8)14/h2-5,18H,6-7H2,1H3,(H,15,17,19). The molecule has 0 amide bonds. The largest absolute Gasteiger partial charge is 0.494 e. The van der Waals surface area contributed by atoms with Crippen LogP contribution in [0.4, 0.5) is 0 Å². The maximum absolute atomic E-state index is 11.9. The third-order valence-corrected chi connectivity index (χ3v) is 3.75. The predicted molar refractivity (Wildman–Crippen MR) is 81.8 cm³/mol. The number of nitrogens with one attached hydrogen (secondary N) is 1. The van der Waals surface area contributed by atoms with Gasteiger partial charge in [0.25, 0.3) is 5.56 Å². The van der Waals surface area contributed by atoms with Crippen molar-refractivity contribution < 1.29 is 5.11 Å². The fourth-order valence-corrected chi connectivity index (χ4v) is 2.45. The molecule has 0 saturated heterocycles. The molecular weight excluding hydrogens is 300 g/mol. The van der Waals surface area contributed by atoms with Crippen molar-refractivity contribution >= 4 is 23.4 Å². The van der Waals surface area contributed by atoms with Crippen LogP contribution in [0.2, 0.25) is 5.02 Å². The van der Waals surface area contributed by atoms with Gasteiger partial charge in [-0.05, 0) is 12.3 Å². The first kappa shape index (κ1) is 14.7. The second-order valence-corrected chi connectivity index (χ2v) is 5.47. The Morgan fingerprint density at radius 1 is 1.35 bits per heavy atom. The van der Waals surface area contributed by atoms with E-state index in [1.807, 2.05) is 6.26 Å². The van der Waals surface area contributed by atoms with Gasteiger partial charge in [-0.2, -0.15) is 11.8 Å². The first-order valence-corrected chi connectivity index (χ1v) is 7.63. The molecule has 5 nitrogen and oxygen atoms in total. The second kappa shape index (κ2) is 6.19. The Labute approximate surface area is 124 Å². The number of rotatable bonds is 4. The molecule has 0 spiro atoms. The van der Waals surface area contributed by atoms with E-state index in [1.54, 1.807) is 24.3 Å².